The average Bonchev–Trinajstić information content (AvgIpc) is 2.61. The number of carbonyl (C=O) groups is 1. The number of phenolic OH excluding ortho intramolecular Hbond substituents is 1. The Morgan fingerprint density at radius 3 is 2.96 bits per heavy atom. The minimum atomic E-state index is -0.725. The minimum absolute atomic E-state index is 0.0457. The van der Waals surface area contributed by atoms with Crippen LogP contribution in [0.15, 0.2) is 18.2 Å². The van der Waals surface area contributed by atoms with Crippen LogP contribution in [-0.4, -0.2) is 52.4 Å². The first-order chi connectivity index (χ1) is 12.8. The molecule has 1 aromatic rings. The van der Waals surface area contributed by atoms with Crippen LogP contribution in [0.2, 0.25) is 0 Å². The second-order valence-electron chi connectivity index (χ2n) is 8.68. The van der Waals surface area contributed by atoms with Gasteiger partial charge in [0, 0.05) is 31.0 Å². The van der Waals surface area contributed by atoms with E-state index in [4.69, 9.17) is 14.6 Å². The molecule has 0 radical (unpaired) electrons. The van der Waals surface area contributed by atoms with Gasteiger partial charge in [0.05, 0.1) is 12.2 Å². The summed E-state index contributed by atoms with van der Waals surface area (Å²) >= 11 is 0. The SMILES string of the molecule is CC1(C)Oc2c(O)cccc2[C@@H]2O[C@@H]3CCN(CCCC(=O)O)C[C@@H]3C[C@H]21. The molecule has 4 atom stereocenters. The van der Waals surface area contributed by atoms with Crippen LogP contribution in [0.25, 0.3) is 0 Å². The zero-order valence-corrected chi connectivity index (χ0v) is 16.1. The number of ether oxygens (including phenoxy) is 2. The van der Waals surface area contributed by atoms with Gasteiger partial charge in [0.2, 0.25) is 0 Å². The van der Waals surface area contributed by atoms with E-state index in [9.17, 15) is 9.90 Å². The molecule has 3 aliphatic rings. The van der Waals surface area contributed by atoms with Crippen molar-refractivity contribution in [2.75, 3.05) is 19.6 Å². The second-order valence-corrected chi connectivity index (χ2v) is 8.68. The Morgan fingerprint density at radius 2 is 2.19 bits per heavy atom. The number of carboxylic acid groups (broad SMARTS) is 1. The number of hydrogen-bond donors (Lipinski definition) is 2. The lowest BCUT2D eigenvalue weighted by molar-refractivity contribution is -0.187. The first kappa shape index (κ1) is 18.6. The molecule has 6 heteroatoms. The standard InChI is InChI=1S/C21H29NO5/c1-21(2)15-11-13-12-22(9-4-7-18(24)25)10-8-17(13)26-19(15)14-5-3-6-16(23)20(14)27-21/h3,5-6,13,15,17,19,23H,4,7-12H2,1-2H3,(H,24,25)/t13-,15+,17+,19-/m0/s1. The van der Waals surface area contributed by atoms with Gasteiger partial charge in [-0.3, -0.25) is 4.79 Å². The summed E-state index contributed by atoms with van der Waals surface area (Å²) in [5.74, 6) is 0.682. The molecule has 27 heavy (non-hydrogen) atoms. The molecule has 0 amide bonds. The van der Waals surface area contributed by atoms with Gasteiger partial charge in [-0.25, -0.2) is 0 Å². The molecule has 148 valence electrons. The Balaban J connectivity index is 1.49. The Bertz CT molecular complexity index is 719. The van der Waals surface area contributed by atoms with Crippen molar-refractivity contribution in [3.63, 3.8) is 0 Å². The molecular formula is C21H29NO5. The minimum Gasteiger partial charge on any atom is -0.504 e. The number of aliphatic carboxylic acids is 1. The van der Waals surface area contributed by atoms with Crippen LogP contribution >= 0.6 is 0 Å². The molecule has 0 unspecified atom stereocenters. The molecule has 0 bridgehead atoms. The molecule has 2 fully saturated rings. The van der Waals surface area contributed by atoms with E-state index in [2.05, 4.69) is 18.7 Å². The summed E-state index contributed by atoms with van der Waals surface area (Å²) in [5, 5.41) is 19.1. The Hall–Kier alpha value is -1.79. The predicted molar refractivity (Wildman–Crippen MR) is 100.0 cm³/mol. The molecule has 0 saturated carbocycles. The normalized spacial score (nSPS) is 31.9. The van der Waals surface area contributed by atoms with Crippen LogP contribution in [0.1, 0.15) is 51.2 Å². The number of benzene rings is 1. The van der Waals surface area contributed by atoms with Crippen molar-refractivity contribution >= 4 is 5.97 Å². The van der Waals surface area contributed by atoms with E-state index in [1.165, 1.54) is 0 Å². The summed E-state index contributed by atoms with van der Waals surface area (Å²) < 4.78 is 12.8. The van der Waals surface area contributed by atoms with E-state index < -0.39 is 11.6 Å². The van der Waals surface area contributed by atoms with E-state index in [0.717, 1.165) is 38.0 Å². The molecule has 0 aromatic heterocycles. The fourth-order valence-corrected chi connectivity index (χ4v) is 5.04. The lowest BCUT2D eigenvalue weighted by Gasteiger charge is -2.53. The molecular weight excluding hydrogens is 346 g/mol. The maximum atomic E-state index is 10.8. The van der Waals surface area contributed by atoms with E-state index in [0.29, 0.717) is 18.1 Å². The number of para-hydroxylation sites is 1. The average molecular weight is 375 g/mol. The Kier molecular flexibility index (Phi) is 4.80. The number of nitrogens with zero attached hydrogens (tertiary/aromatic N) is 1. The maximum absolute atomic E-state index is 10.8. The highest BCUT2D eigenvalue weighted by Gasteiger charge is 2.51. The summed E-state index contributed by atoms with van der Waals surface area (Å²) in [6.07, 6.45) is 3.08. The van der Waals surface area contributed by atoms with Crippen LogP contribution in [0, 0.1) is 11.8 Å². The third-order valence-corrected chi connectivity index (χ3v) is 6.45. The monoisotopic (exact) mass is 375 g/mol. The summed E-state index contributed by atoms with van der Waals surface area (Å²) in [6.45, 7) is 6.90. The number of aromatic hydroxyl groups is 1. The van der Waals surface area contributed by atoms with Crippen LogP contribution in [-0.2, 0) is 9.53 Å². The van der Waals surface area contributed by atoms with Gasteiger partial charge in [0.15, 0.2) is 11.5 Å². The largest absolute Gasteiger partial charge is 0.504 e. The smallest absolute Gasteiger partial charge is 0.303 e. The van der Waals surface area contributed by atoms with Gasteiger partial charge in [-0.1, -0.05) is 12.1 Å². The lowest BCUT2D eigenvalue weighted by Crippen LogP contribution is -2.55. The summed E-state index contributed by atoms with van der Waals surface area (Å²) in [4.78, 5) is 13.1. The van der Waals surface area contributed by atoms with Crippen molar-refractivity contribution in [1.82, 2.24) is 4.90 Å². The highest BCUT2D eigenvalue weighted by molar-refractivity contribution is 5.66. The van der Waals surface area contributed by atoms with Gasteiger partial charge in [0.1, 0.15) is 5.60 Å². The Morgan fingerprint density at radius 1 is 1.37 bits per heavy atom. The fraction of sp³-hybridized carbons (Fsp3) is 0.667. The zero-order chi connectivity index (χ0) is 19.2. The number of hydrogen-bond acceptors (Lipinski definition) is 5. The van der Waals surface area contributed by atoms with Gasteiger partial charge < -0.3 is 24.6 Å². The van der Waals surface area contributed by atoms with Crippen LogP contribution in [0.4, 0.5) is 0 Å². The highest BCUT2D eigenvalue weighted by Crippen LogP contribution is 2.54. The molecule has 3 heterocycles. The van der Waals surface area contributed by atoms with Crippen LogP contribution in [0.3, 0.4) is 0 Å². The van der Waals surface area contributed by atoms with Gasteiger partial charge in [-0.05, 0) is 51.6 Å². The molecule has 2 saturated heterocycles. The fourth-order valence-electron chi connectivity index (χ4n) is 5.04. The quantitative estimate of drug-likeness (QED) is 0.841. The van der Waals surface area contributed by atoms with Crippen molar-refractivity contribution in [3.05, 3.63) is 23.8 Å². The number of carboxylic acids is 1. The van der Waals surface area contributed by atoms with Crippen molar-refractivity contribution < 1.29 is 24.5 Å². The number of likely N-dealkylation sites (tertiary alicyclic amines) is 1. The second kappa shape index (κ2) is 6.99. The first-order valence-corrected chi connectivity index (χ1v) is 9.95. The van der Waals surface area contributed by atoms with Crippen molar-refractivity contribution in [3.8, 4) is 11.5 Å². The van der Waals surface area contributed by atoms with Crippen molar-refractivity contribution in [1.29, 1.82) is 0 Å². The molecule has 0 spiro atoms. The van der Waals surface area contributed by atoms with Crippen LogP contribution < -0.4 is 4.74 Å². The lowest BCUT2D eigenvalue weighted by atomic mass is 9.70. The van der Waals surface area contributed by atoms with Crippen molar-refractivity contribution in [2.24, 2.45) is 11.8 Å². The van der Waals surface area contributed by atoms with E-state index in [-0.39, 0.29) is 30.3 Å². The number of piperidine rings is 1. The molecule has 6 nitrogen and oxygen atoms in total. The molecule has 3 aliphatic heterocycles. The summed E-state index contributed by atoms with van der Waals surface area (Å²) in [5.41, 5.74) is 0.550. The molecule has 4 rings (SSSR count). The van der Waals surface area contributed by atoms with Gasteiger partial charge >= 0.3 is 5.97 Å². The highest BCUT2D eigenvalue weighted by atomic mass is 16.5. The van der Waals surface area contributed by atoms with Gasteiger partial charge in [-0.2, -0.15) is 0 Å². The number of phenols is 1. The summed E-state index contributed by atoms with van der Waals surface area (Å²) in [6, 6.07) is 5.52. The van der Waals surface area contributed by atoms with E-state index >= 15 is 0 Å². The number of fused-ring (bicyclic) bond motifs is 4. The van der Waals surface area contributed by atoms with Crippen molar-refractivity contribution in [2.45, 2.75) is 57.3 Å². The Labute approximate surface area is 160 Å². The molecule has 0 aliphatic carbocycles. The number of rotatable bonds is 4. The van der Waals surface area contributed by atoms with Gasteiger partial charge in [0.25, 0.3) is 0 Å². The van der Waals surface area contributed by atoms with E-state index in [1.807, 2.05) is 12.1 Å². The van der Waals surface area contributed by atoms with Gasteiger partial charge in [-0.15, -0.1) is 0 Å². The molecule has 1 aromatic carbocycles. The topological polar surface area (TPSA) is 79.2 Å². The third-order valence-electron chi connectivity index (χ3n) is 6.45. The zero-order valence-electron chi connectivity index (χ0n) is 16.1. The maximum Gasteiger partial charge on any atom is 0.303 e. The molecule has 2 N–H and O–H groups in total. The van der Waals surface area contributed by atoms with E-state index in [1.54, 1.807) is 6.07 Å². The predicted octanol–water partition coefficient (Wildman–Crippen LogP) is 3.20. The van der Waals surface area contributed by atoms with Crippen LogP contribution in [0.5, 0.6) is 11.5 Å². The first-order valence-electron chi connectivity index (χ1n) is 9.95. The summed E-state index contributed by atoms with van der Waals surface area (Å²) in [7, 11) is 0. The third kappa shape index (κ3) is 3.52.